The minimum absolute atomic E-state index is 0.542. The molecule has 1 aliphatic carbocycles. The van der Waals surface area contributed by atoms with Gasteiger partial charge in [-0.1, -0.05) is 13.8 Å². The number of hydrogen-bond donors (Lipinski definition) is 1. The van der Waals surface area contributed by atoms with Crippen molar-refractivity contribution in [2.45, 2.75) is 32.2 Å². The Bertz CT molecular complexity index is 82.4. The molecular weight excluding hydrogens is 98.1 g/mol. The maximum Gasteiger partial charge on any atom is 0.0202 e. The van der Waals surface area contributed by atoms with Crippen LogP contribution in [0.2, 0.25) is 0 Å². The Hall–Kier alpha value is -0.0400. The molecule has 0 bridgehead atoms. The molecule has 0 amide bonds. The van der Waals surface area contributed by atoms with Crippen LogP contribution in [-0.2, 0) is 0 Å². The van der Waals surface area contributed by atoms with Gasteiger partial charge in [-0.25, -0.2) is 0 Å². The Labute approximate surface area is 51.5 Å². The lowest BCUT2D eigenvalue weighted by Crippen LogP contribution is -2.32. The summed E-state index contributed by atoms with van der Waals surface area (Å²) in [4.78, 5) is 0. The first-order valence-electron chi connectivity index (χ1n) is 3.40. The SMILES string of the molecule is CNC1(C(C)C)CC1. The molecule has 1 nitrogen and oxygen atoms in total. The third-order valence-corrected chi connectivity index (χ3v) is 2.39. The zero-order valence-electron chi connectivity index (χ0n) is 5.99. The average molecular weight is 113 g/mol. The van der Waals surface area contributed by atoms with Gasteiger partial charge in [0, 0.05) is 5.54 Å². The van der Waals surface area contributed by atoms with Crippen molar-refractivity contribution in [2.75, 3.05) is 7.05 Å². The van der Waals surface area contributed by atoms with E-state index >= 15 is 0 Å². The lowest BCUT2D eigenvalue weighted by Gasteiger charge is -2.17. The summed E-state index contributed by atoms with van der Waals surface area (Å²) in [7, 11) is 2.06. The molecule has 0 radical (unpaired) electrons. The summed E-state index contributed by atoms with van der Waals surface area (Å²) < 4.78 is 0. The van der Waals surface area contributed by atoms with Gasteiger partial charge in [-0.05, 0) is 25.8 Å². The van der Waals surface area contributed by atoms with Gasteiger partial charge in [-0.2, -0.15) is 0 Å². The van der Waals surface area contributed by atoms with Crippen LogP contribution in [0.4, 0.5) is 0 Å². The molecule has 0 atom stereocenters. The van der Waals surface area contributed by atoms with Gasteiger partial charge in [-0.3, -0.25) is 0 Å². The molecule has 0 aliphatic heterocycles. The van der Waals surface area contributed by atoms with Crippen molar-refractivity contribution in [1.82, 2.24) is 5.32 Å². The molecule has 1 aliphatic rings. The monoisotopic (exact) mass is 113 g/mol. The molecule has 1 rings (SSSR count). The molecule has 1 heteroatoms. The highest BCUT2D eigenvalue weighted by atomic mass is 15.0. The first kappa shape index (κ1) is 6.09. The lowest BCUT2D eigenvalue weighted by molar-refractivity contribution is 0.408. The second-order valence-electron chi connectivity index (χ2n) is 3.06. The smallest absolute Gasteiger partial charge is 0.0202 e. The van der Waals surface area contributed by atoms with Crippen molar-refractivity contribution in [3.05, 3.63) is 0 Å². The molecule has 0 aromatic heterocycles. The molecule has 0 aromatic carbocycles. The van der Waals surface area contributed by atoms with E-state index in [0.29, 0.717) is 5.54 Å². The van der Waals surface area contributed by atoms with Crippen molar-refractivity contribution in [3.8, 4) is 0 Å². The average Bonchev–Trinajstić information content (AvgIpc) is 2.44. The molecule has 0 spiro atoms. The van der Waals surface area contributed by atoms with Crippen molar-refractivity contribution < 1.29 is 0 Å². The second-order valence-corrected chi connectivity index (χ2v) is 3.06. The van der Waals surface area contributed by atoms with Crippen molar-refractivity contribution in [3.63, 3.8) is 0 Å². The van der Waals surface area contributed by atoms with Crippen LogP contribution >= 0.6 is 0 Å². The molecule has 0 unspecified atom stereocenters. The summed E-state index contributed by atoms with van der Waals surface area (Å²) >= 11 is 0. The molecule has 1 fully saturated rings. The number of rotatable bonds is 2. The van der Waals surface area contributed by atoms with Crippen LogP contribution in [0.5, 0.6) is 0 Å². The summed E-state index contributed by atoms with van der Waals surface area (Å²) in [6.45, 7) is 4.56. The normalized spacial score (nSPS) is 24.0. The minimum atomic E-state index is 0.542. The Morgan fingerprint density at radius 1 is 1.38 bits per heavy atom. The highest BCUT2D eigenvalue weighted by Crippen LogP contribution is 2.41. The fourth-order valence-electron chi connectivity index (χ4n) is 1.25. The predicted octanol–water partition coefficient (Wildman–Crippen LogP) is 1.39. The lowest BCUT2D eigenvalue weighted by atomic mass is 10.0. The van der Waals surface area contributed by atoms with E-state index in [1.54, 1.807) is 0 Å². The van der Waals surface area contributed by atoms with Crippen LogP contribution in [-0.4, -0.2) is 12.6 Å². The van der Waals surface area contributed by atoms with Crippen LogP contribution in [0.3, 0.4) is 0 Å². The quantitative estimate of drug-likeness (QED) is 0.570. The summed E-state index contributed by atoms with van der Waals surface area (Å²) in [6, 6.07) is 0. The minimum Gasteiger partial charge on any atom is -0.314 e. The highest BCUT2D eigenvalue weighted by Gasteiger charge is 2.43. The zero-order valence-corrected chi connectivity index (χ0v) is 5.99. The summed E-state index contributed by atoms with van der Waals surface area (Å²) in [5.41, 5.74) is 0.542. The molecular formula is C7H15N. The van der Waals surface area contributed by atoms with Gasteiger partial charge in [0.2, 0.25) is 0 Å². The molecule has 48 valence electrons. The largest absolute Gasteiger partial charge is 0.314 e. The topological polar surface area (TPSA) is 12.0 Å². The Balaban J connectivity index is 2.41. The van der Waals surface area contributed by atoms with Gasteiger partial charge in [0.1, 0.15) is 0 Å². The van der Waals surface area contributed by atoms with E-state index in [0.717, 1.165) is 5.92 Å². The zero-order chi connectivity index (χ0) is 6.20. The van der Waals surface area contributed by atoms with Gasteiger partial charge >= 0.3 is 0 Å². The fraction of sp³-hybridized carbons (Fsp3) is 1.00. The molecule has 1 N–H and O–H groups in total. The van der Waals surface area contributed by atoms with Crippen LogP contribution < -0.4 is 5.32 Å². The van der Waals surface area contributed by atoms with Crippen LogP contribution in [0.1, 0.15) is 26.7 Å². The van der Waals surface area contributed by atoms with Crippen LogP contribution in [0.25, 0.3) is 0 Å². The van der Waals surface area contributed by atoms with Crippen molar-refractivity contribution >= 4 is 0 Å². The van der Waals surface area contributed by atoms with E-state index in [9.17, 15) is 0 Å². The molecule has 0 aromatic rings. The highest BCUT2D eigenvalue weighted by molar-refractivity contribution is 5.02. The standard InChI is InChI=1S/C7H15N/c1-6(2)7(8-3)4-5-7/h6,8H,4-5H2,1-3H3. The van der Waals surface area contributed by atoms with E-state index in [1.165, 1.54) is 12.8 Å². The maximum atomic E-state index is 3.35. The molecule has 0 saturated heterocycles. The van der Waals surface area contributed by atoms with Gasteiger partial charge in [0.05, 0.1) is 0 Å². The fourth-order valence-corrected chi connectivity index (χ4v) is 1.25. The van der Waals surface area contributed by atoms with Gasteiger partial charge in [0.25, 0.3) is 0 Å². The van der Waals surface area contributed by atoms with Crippen LogP contribution in [0.15, 0.2) is 0 Å². The predicted molar refractivity (Wildman–Crippen MR) is 35.9 cm³/mol. The molecule has 0 heterocycles. The Morgan fingerprint density at radius 3 is 1.88 bits per heavy atom. The Kier molecular flexibility index (Phi) is 1.31. The molecule has 1 saturated carbocycles. The van der Waals surface area contributed by atoms with Crippen molar-refractivity contribution in [1.29, 1.82) is 0 Å². The second kappa shape index (κ2) is 1.73. The van der Waals surface area contributed by atoms with E-state index in [2.05, 4.69) is 26.2 Å². The Morgan fingerprint density at radius 2 is 1.88 bits per heavy atom. The summed E-state index contributed by atoms with van der Waals surface area (Å²) in [6.07, 6.45) is 2.75. The first-order valence-corrected chi connectivity index (χ1v) is 3.40. The van der Waals surface area contributed by atoms with E-state index in [4.69, 9.17) is 0 Å². The van der Waals surface area contributed by atoms with E-state index in [1.807, 2.05) is 0 Å². The third kappa shape index (κ3) is 0.752. The number of hydrogen-bond acceptors (Lipinski definition) is 1. The van der Waals surface area contributed by atoms with Gasteiger partial charge in [-0.15, -0.1) is 0 Å². The number of nitrogens with one attached hydrogen (secondary N) is 1. The van der Waals surface area contributed by atoms with Gasteiger partial charge in [0.15, 0.2) is 0 Å². The maximum absolute atomic E-state index is 3.35. The van der Waals surface area contributed by atoms with Crippen molar-refractivity contribution in [2.24, 2.45) is 5.92 Å². The third-order valence-electron chi connectivity index (χ3n) is 2.39. The molecule has 8 heavy (non-hydrogen) atoms. The van der Waals surface area contributed by atoms with E-state index in [-0.39, 0.29) is 0 Å². The van der Waals surface area contributed by atoms with E-state index < -0.39 is 0 Å². The van der Waals surface area contributed by atoms with Gasteiger partial charge < -0.3 is 5.32 Å². The summed E-state index contributed by atoms with van der Waals surface area (Å²) in [5.74, 6) is 0.812. The van der Waals surface area contributed by atoms with Crippen LogP contribution in [0, 0.1) is 5.92 Å². The summed E-state index contributed by atoms with van der Waals surface area (Å²) in [5, 5.41) is 3.35. The first-order chi connectivity index (χ1) is 3.71.